The summed E-state index contributed by atoms with van der Waals surface area (Å²) in [7, 11) is 3.48. The van der Waals surface area contributed by atoms with Crippen molar-refractivity contribution in [3.8, 4) is 17.4 Å². The van der Waals surface area contributed by atoms with E-state index >= 15 is 0 Å². The molecule has 0 aromatic carbocycles. The van der Waals surface area contributed by atoms with Crippen molar-refractivity contribution in [2.75, 3.05) is 14.2 Å². The molecular formula is C13H19N5O2. The van der Waals surface area contributed by atoms with Gasteiger partial charge in [-0.15, -0.1) is 10.2 Å². The summed E-state index contributed by atoms with van der Waals surface area (Å²) < 4.78 is 10.2. The summed E-state index contributed by atoms with van der Waals surface area (Å²) >= 11 is 0. The van der Waals surface area contributed by atoms with Gasteiger partial charge in [-0.05, 0) is 19.5 Å². The summed E-state index contributed by atoms with van der Waals surface area (Å²) in [6.45, 7) is 2.15. The largest absolute Gasteiger partial charge is 0.480 e. The van der Waals surface area contributed by atoms with Crippen LogP contribution in [0, 0.1) is 0 Å². The molecule has 0 fully saturated rings. The molecule has 2 aromatic heterocycles. The van der Waals surface area contributed by atoms with E-state index < -0.39 is 0 Å². The van der Waals surface area contributed by atoms with Gasteiger partial charge in [-0.1, -0.05) is 18.5 Å². The van der Waals surface area contributed by atoms with Crippen LogP contribution >= 0.6 is 0 Å². The van der Waals surface area contributed by atoms with Crippen molar-refractivity contribution in [2.24, 2.45) is 0 Å². The fourth-order valence-corrected chi connectivity index (χ4v) is 1.90. The molecule has 0 saturated carbocycles. The first-order chi connectivity index (χ1) is 9.76. The molecule has 7 heteroatoms. The van der Waals surface area contributed by atoms with Gasteiger partial charge in [0.15, 0.2) is 0 Å². The van der Waals surface area contributed by atoms with Crippen LogP contribution in [0.1, 0.15) is 25.7 Å². The smallest absolute Gasteiger partial charge is 0.233 e. The Labute approximate surface area is 117 Å². The van der Waals surface area contributed by atoms with Crippen molar-refractivity contribution in [3.05, 3.63) is 18.0 Å². The SMILES string of the molecule is CCCC(Cc1nc(-c2ccc(OC)nn2)no1)NC. The summed E-state index contributed by atoms with van der Waals surface area (Å²) in [5, 5.41) is 15.1. The Morgan fingerprint density at radius 3 is 2.80 bits per heavy atom. The Balaban J connectivity index is 2.07. The molecule has 1 unspecified atom stereocenters. The van der Waals surface area contributed by atoms with Gasteiger partial charge < -0.3 is 14.6 Å². The topological polar surface area (TPSA) is 86.0 Å². The quantitative estimate of drug-likeness (QED) is 0.820. The van der Waals surface area contributed by atoms with Gasteiger partial charge >= 0.3 is 0 Å². The van der Waals surface area contributed by atoms with E-state index in [9.17, 15) is 0 Å². The van der Waals surface area contributed by atoms with Gasteiger partial charge in [-0.3, -0.25) is 0 Å². The second kappa shape index (κ2) is 6.95. The molecule has 20 heavy (non-hydrogen) atoms. The molecular weight excluding hydrogens is 258 g/mol. The van der Waals surface area contributed by atoms with E-state index in [1.54, 1.807) is 19.2 Å². The molecule has 0 aliphatic heterocycles. The molecule has 2 aromatic rings. The highest BCUT2D eigenvalue weighted by atomic mass is 16.5. The molecule has 0 radical (unpaired) electrons. The lowest BCUT2D eigenvalue weighted by atomic mass is 10.1. The first kappa shape index (κ1) is 14.4. The highest BCUT2D eigenvalue weighted by Crippen LogP contribution is 2.15. The van der Waals surface area contributed by atoms with Crippen molar-refractivity contribution >= 4 is 0 Å². The maximum absolute atomic E-state index is 5.25. The average Bonchev–Trinajstić information content (AvgIpc) is 2.95. The second-order valence-electron chi connectivity index (χ2n) is 4.45. The highest BCUT2D eigenvalue weighted by Gasteiger charge is 2.14. The second-order valence-corrected chi connectivity index (χ2v) is 4.45. The van der Waals surface area contributed by atoms with Crippen LogP contribution in [0.5, 0.6) is 5.88 Å². The fourth-order valence-electron chi connectivity index (χ4n) is 1.90. The fraction of sp³-hybridized carbons (Fsp3) is 0.538. The normalized spacial score (nSPS) is 12.3. The summed E-state index contributed by atoms with van der Waals surface area (Å²) in [5.41, 5.74) is 0.567. The lowest BCUT2D eigenvalue weighted by Gasteiger charge is -2.11. The van der Waals surface area contributed by atoms with Gasteiger partial charge in [-0.2, -0.15) is 4.98 Å². The van der Waals surface area contributed by atoms with Crippen molar-refractivity contribution in [1.29, 1.82) is 0 Å². The summed E-state index contributed by atoms with van der Waals surface area (Å²) in [4.78, 5) is 4.34. The molecule has 7 nitrogen and oxygen atoms in total. The monoisotopic (exact) mass is 277 g/mol. The molecule has 2 heterocycles. The first-order valence-corrected chi connectivity index (χ1v) is 6.64. The number of hydrogen-bond acceptors (Lipinski definition) is 7. The molecule has 1 N–H and O–H groups in total. The molecule has 0 spiro atoms. The number of methoxy groups -OCH3 is 1. The minimum absolute atomic E-state index is 0.343. The van der Waals surface area contributed by atoms with Crippen molar-refractivity contribution in [3.63, 3.8) is 0 Å². The maximum atomic E-state index is 5.25. The van der Waals surface area contributed by atoms with Crippen molar-refractivity contribution in [1.82, 2.24) is 25.7 Å². The Bertz CT molecular complexity index is 526. The van der Waals surface area contributed by atoms with E-state index in [-0.39, 0.29) is 0 Å². The molecule has 0 aliphatic carbocycles. The molecule has 0 saturated heterocycles. The minimum Gasteiger partial charge on any atom is -0.480 e. The van der Waals surface area contributed by atoms with Gasteiger partial charge in [0.2, 0.25) is 17.6 Å². The molecule has 108 valence electrons. The minimum atomic E-state index is 0.343. The molecule has 0 bridgehead atoms. The van der Waals surface area contributed by atoms with Crippen LogP contribution < -0.4 is 10.1 Å². The predicted octanol–water partition coefficient (Wildman–Crippen LogP) is 1.47. The van der Waals surface area contributed by atoms with Gasteiger partial charge in [0.1, 0.15) is 5.69 Å². The van der Waals surface area contributed by atoms with E-state index in [0.717, 1.165) is 12.8 Å². The molecule has 2 rings (SSSR count). The van der Waals surface area contributed by atoms with Crippen LogP contribution in [0.25, 0.3) is 11.5 Å². The predicted molar refractivity (Wildman–Crippen MR) is 73.3 cm³/mol. The number of hydrogen-bond donors (Lipinski definition) is 1. The third-order valence-corrected chi connectivity index (χ3v) is 3.01. The third-order valence-electron chi connectivity index (χ3n) is 3.01. The van der Waals surface area contributed by atoms with Crippen molar-refractivity contribution < 1.29 is 9.26 Å². The van der Waals surface area contributed by atoms with Crippen LogP contribution in [-0.4, -0.2) is 40.5 Å². The van der Waals surface area contributed by atoms with Gasteiger partial charge in [0.25, 0.3) is 0 Å². The maximum Gasteiger partial charge on any atom is 0.233 e. The average molecular weight is 277 g/mol. The Kier molecular flexibility index (Phi) is 5.00. The number of nitrogens with one attached hydrogen (secondary N) is 1. The standard InChI is InChI=1S/C13H19N5O2/c1-4-5-9(14-2)8-12-15-13(18-20-12)10-6-7-11(19-3)17-16-10/h6-7,9,14H,4-5,8H2,1-3H3. The first-order valence-electron chi connectivity index (χ1n) is 6.64. The molecule has 1 atom stereocenters. The Morgan fingerprint density at radius 2 is 2.20 bits per heavy atom. The van der Waals surface area contributed by atoms with Crippen LogP contribution in [0.4, 0.5) is 0 Å². The van der Waals surface area contributed by atoms with Gasteiger partial charge in [0, 0.05) is 18.5 Å². The van der Waals surface area contributed by atoms with E-state index in [0.29, 0.717) is 35.8 Å². The Morgan fingerprint density at radius 1 is 1.35 bits per heavy atom. The van der Waals surface area contributed by atoms with E-state index in [4.69, 9.17) is 9.26 Å². The summed E-state index contributed by atoms with van der Waals surface area (Å²) in [6.07, 6.45) is 2.88. The third kappa shape index (κ3) is 3.51. The molecule has 0 amide bonds. The summed E-state index contributed by atoms with van der Waals surface area (Å²) in [6, 6.07) is 3.81. The van der Waals surface area contributed by atoms with Gasteiger partial charge in [0.05, 0.1) is 7.11 Å². The Hall–Kier alpha value is -2.02. The van der Waals surface area contributed by atoms with Crippen molar-refractivity contribution in [2.45, 2.75) is 32.2 Å². The zero-order valence-corrected chi connectivity index (χ0v) is 12.0. The van der Waals surface area contributed by atoms with Crippen LogP contribution in [0.15, 0.2) is 16.7 Å². The van der Waals surface area contributed by atoms with Crippen LogP contribution in [0.3, 0.4) is 0 Å². The zero-order chi connectivity index (χ0) is 14.4. The van der Waals surface area contributed by atoms with E-state index in [2.05, 4.69) is 32.6 Å². The number of rotatable bonds is 7. The van der Waals surface area contributed by atoms with Gasteiger partial charge in [-0.25, -0.2) is 0 Å². The zero-order valence-electron chi connectivity index (χ0n) is 12.0. The van der Waals surface area contributed by atoms with Crippen LogP contribution in [0.2, 0.25) is 0 Å². The highest BCUT2D eigenvalue weighted by molar-refractivity contribution is 5.47. The number of nitrogens with zero attached hydrogens (tertiary/aromatic N) is 4. The van der Waals surface area contributed by atoms with Crippen LogP contribution in [-0.2, 0) is 6.42 Å². The molecule has 0 aliphatic rings. The summed E-state index contributed by atoms with van der Waals surface area (Å²) in [5.74, 6) is 1.50. The number of likely N-dealkylation sites (N-methyl/N-ethyl adjacent to an activating group) is 1. The lowest BCUT2D eigenvalue weighted by molar-refractivity contribution is 0.356. The van der Waals surface area contributed by atoms with E-state index in [1.807, 2.05) is 7.05 Å². The number of ether oxygens (including phenoxy) is 1. The number of aromatic nitrogens is 4. The lowest BCUT2D eigenvalue weighted by Crippen LogP contribution is -2.27. The van der Waals surface area contributed by atoms with E-state index in [1.165, 1.54) is 0 Å².